The van der Waals surface area contributed by atoms with E-state index in [0.29, 0.717) is 0 Å². The lowest BCUT2D eigenvalue weighted by Crippen LogP contribution is -2.12. The van der Waals surface area contributed by atoms with Gasteiger partial charge in [-0.3, -0.25) is 0 Å². The van der Waals surface area contributed by atoms with Crippen LogP contribution in [-0.4, -0.2) is 11.1 Å². The molecule has 0 atom stereocenters. The molecule has 0 unspecified atom stereocenters. The van der Waals surface area contributed by atoms with Crippen molar-refractivity contribution < 1.29 is 9.90 Å². The average molecular weight is 283 g/mol. The van der Waals surface area contributed by atoms with Crippen molar-refractivity contribution in [1.29, 1.82) is 0 Å². The third-order valence-corrected chi connectivity index (χ3v) is 2.72. The fourth-order valence-electron chi connectivity index (χ4n) is 1.53. The molecule has 0 aliphatic rings. The molecule has 1 N–H and O–H groups in total. The number of halogens is 1. The second-order valence-electron chi connectivity index (χ2n) is 4.47. The lowest BCUT2D eigenvalue weighted by molar-refractivity contribution is -0.131. The number of allylic oxidation sites excluding steroid dienone is 1. The molecule has 3 heteroatoms. The maximum absolute atomic E-state index is 10.5. The Bertz CT molecular complexity index is 408. The number of carboxylic acids is 1. The van der Waals surface area contributed by atoms with Gasteiger partial charge in [0.2, 0.25) is 0 Å². The molecule has 0 spiro atoms. The van der Waals surface area contributed by atoms with E-state index in [1.807, 2.05) is 32.0 Å². The van der Waals surface area contributed by atoms with E-state index in [2.05, 4.69) is 22.0 Å². The molecule has 0 aliphatic heterocycles. The van der Waals surface area contributed by atoms with Crippen LogP contribution in [0.5, 0.6) is 0 Å². The summed E-state index contributed by atoms with van der Waals surface area (Å²) in [6, 6.07) is 8.05. The van der Waals surface area contributed by atoms with Crippen LogP contribution in [0.4, 0.5) is 0 Å². The van der Waals surface area contributed by atoms with Gasteiger partial charge in [0.05, 0.1) is 0 Å². The SMILES string of the molecule is CC(C)(/C=C/C(=O)O)Cc1cccc(Br)c1. The highest BCUT2D eigenvalue weighted by Crippen LogP contribution is 2.24. The minimum Gasteiger partial charge on any atom is -0.478 e. The van der Waals surface area contributed by atoms with Gasteiger partial charge in [0, 0.05) is 10.5 Å². The predicted molar refractivity (Wildman–Crippen MR) is 68.4 cm³/mol. The Morgan fingerprint density at radius 1 is 1.50 bits per heavy atom. The zero-order valence-corrected chi connectivity index (χ0v) is 11.0. The Morgan fingerprint density at radius 3 is 2.75 bits per heavy atom. The number of hydrogen-bond donors (Lipinski definition) is 1. The Hall–Kier alpha value is -1.09. The van der Waals surface area contributed by atoms with E-state index in [1.165, 1.54) is 11.6 Å². The van der Waals surface area contributed by atoms with Gasteiger partial charge in [0.15, 0.2) is 0 Å². The van der Waals surface area contributed by atoms with E-state index < -0.39 is 5.97 Å². The van der Waals surface area contributed by atoms with Crippen LogP contribution in [0.25, 0.3) is 0 Å². The van der Waals surface area contributed by atoms with Crippen molar-refractivity contribution in [2.45, 2.75) is 20.3 Å². The summed E-state index contributed by atoms with van der Waals surface area (Å²) >= 11 is 3.42. The Morgan fingerprint density at radius 2 is 2.19 bits per heavy atom. The summed E-state index contributed by atoms with van der Waals surface area (Å²) in [5, 5.41) is 8.59. The first kappa shape index (κ1) is 13.0. The van der Waals surface area contributed by atoms with E-state index in [9.17, 15) is 4.79 Å². The molecule has 1 rings (SSSR count). The summed E-state index contributed by atoms with van der Waals surface area (Å²) in [5.74, 6) is -0.901. The fourth-order valence-corrected chi connectivity index (χ4v) is 1.98. The Kier molecular flexibility index (Phi) is 4.30. The highest BCUT2D eigenvalue weighted by molar-refractivity contribution is 9.10. The maximum Gasteiger partial charge on any atom is 0.327 e. The van der Waals surface area contributed by atoms with Crippen LogP contribution in [0.15, 0.2) is 40.9 Å². The second kappa shape index (κ2) is 5.30. The predicted octanol–water partition coefficient (Wildman–Crippen LogP) is 3.66. The first-order chi connectivity index (χ1) is 7.39. The maximum atomic E-state index is 10.5. The molecule has 0 aliphatic carbocycles. The summed E-state index contributed by atoms with van der Waals surface area (Å²) in [6.45, 7) is 4.04. The van der Waals surface area contributed by atoms with Crippen molar-refractivity contribution in [2.75, 3.05) is 0 Å². The molecule has 0 heterocycles. The van der Waals surface area contributed by atoms with Crippen molar-refractivity contribution in [1.82, 2.24) is 0 Å². The first-order valence-electron chi connectivity index (χ1n) is 5.06. The molecule has 0 fully saturated rings. The Labute approximate surface area is 104 Å². The van der Waals surface area contributed by atoms with Gasteiger partial charge in [-0.1, -0.05) is 48.0 Å². The molecule has 0 amide bonds. The van der Waals surface area contributed by atoms with Crippen LogP contribution in [0.3, 0.4) is 0 Å². The molecule has 0 aromatic heterocycles. The van der Waals surface area contributed by atoms with E-state index in [1.54, 1.807) is 6.08 Å². The number of benzene rings is 1. The van der Waals surface area contributed by atoms with Crippen LogP contribution >= 0.6 is 15.9 Å². The Balaban J connectivity index is 2.76. The quantitative estimate of drug-likeness (QED) is 0.856. The van der Waals surface area contributed by atoms with Crippen LogP contribution < -0.4 is 0 Å². The van der Waals surface area contributed by atoms with E-state index >= 15 is 0 Å². The van der Waals surface area contributed by atoms with Gasteiger partial charge in [0.1, 0.15) is 0 Å². The fraction of sp³-hybridized carbons (Fsp3) is 0.308. The number of rotatable bonds is 4. The van der Waals surface area contributed by atoms with Crippen molar-refractivity contribution in [3.05, 3.63) is 46.5 Å². The lowest BCUT2D eigenvalue weighted by Gasteiger charge is -2.20. The number of carboxylic acid groups (broad SMARTS) is 1. The summed E-state index contributed by atoms with van der Waals surface area (Å²) < 4.78 is 1.04. The number of aliphatic carboxylic acids is 1. The highest BCUT2D eigenvalue weighted by Gasteiger charge is 2.15. The van der Waals surface area contributed by atoms with Gasteiger partial charge in [-0.15, -0.1) is 0 Å². The molecule has 2 nitrogen and oxygen atoms in total. The molecule has 0 saturated carbocycles. The van der Waals surface area contributed by atoms with Gasteiger partial charge in [-0.25, -0.2) is 4.79 Å². The van der Waals surface area contributed by atoms with Crippen LogP contribution in [0.1, 0.15) is 19.4 Å². The van der Waals surface area contributed by atoms with Crippen molar-refractivity contribution in [3.63, 3.8) is 0 Å². The minimum atomic E-state index is -0.901. The van der Waals surface area contributed by atoms with Crippen molar-refractivity contribution in [2.24, 2.45) is 5.41 Å². The number of carbonyl (C=O) groups is 1. The summed E-state index contributed by atoms with van der Waals surface area (Å²) in [7, 11) is 0. The van der Waals surface area contributed by atoms with Gasteiger partial charge in [-0.05, 0) is 29.5 Å². The van der Waals surface area contributed by atoms with Gasteiger partial charge in [0.25, 0.3) is 0 Å². The normalized spacial score (nSPS) is 11.9. The van der Waals surface area contributed by atoms with Gasteiger partial charge in [-0.2, -0.15) is 0 Å². The lowest BCUT2D eigenvalue weighted by atomic mass is 9.85. The molecule has 86 valence electrons. The third-order valence-electron chi connectivity index (χ3n) is 2.23. The van der Waals surface area contributed by atoms with E-state index in [4.69, 9.17) is 5.11 Å². The summed E-state index contributed by atoms with van der Waals surface area (Å²) in [4.78, 5) is 10.5. The smallest absolute Gasteiger partial charge is 0.327 e. The topological polar surface area (TPSA) is 37.3 Å². The van der Waals surface area contributed by atoms with Crippen LogP contribution in [0, 0.1) is 5.41 Å². The molecular formula is C13H15BrO2. The van der Waals surface area contributed by atoms with Gasteiger partial charge < -0.3 is 5.11 Å². The van der Waals surface area contributed by atoms with Crippen molar-refractivity contribution >= 4 is 21.9 Å². The zero-order valence-electron chi connectivity index (χ0n) is 9.40. The molecule has 0 radical (unpaired) electrons. The molecular weight excluding hydrogens is 268 g/mol. The van der Waals surface area contributed by atoms with Crippen LogP contribution in [0.2, 0.25) is 0 Å². The van der Waals surface area contributed by atoms with Gasteiger partial charge >= 0.3 is 5.97 Å². The average Bonchev–Trinajstić information content (AvgIpc) is 2.14. The third kappa shape index (κ3) is 4.62. The molecule has 0 bridgehead atoms. The zero-order chi connectivity index (χ0) is 12.2. The second-order valence-corrected chi connectivity index (χ2v) is 5.38. The largest absolute Gasteiger partial charge is 0.478 e. The van der Waals surface area contributed by atoms with E-state index in [0.717, 1.165) is 10.9 Å². The van der Waals surface area contributed by atoms with E-state index in [-0.39, 0.29) is 5.41 Å². The molecule has 1 aromatic carbocycles. The first-order valence-corrected chi connectivity index (χ1v) is 5.85. The summed E-state index contributed by atoms with van der Waals surface area (Å²) in [5.41, 5.74) is 1.04. The standard InChI is InChI=1S/C13H15BrO2/c1-13(2,7-6-12(15)16)9-10-4-3-5-11(14)8-10/h3-8H,9H2,1-2H3,(H,15,16)/b7-6+. The number of hydrogen-bond acceptors (Lipinski definition) is 1. The van der Waals surface area contributed by atoms with Crippen molar-refractivity contribution in [3.8, 4) is 0 Å². The minimum absolute atomic E-state index is 0.154. The highest BCUT2D eigenvalue weighted by atomic mass is 79.9. The molecule has 16 heavy (non-hydrogen) atoms. The summed E-state index contributed by atoms with van der Waals surface area (Å²) in [6.07, 6.45) is 3.75. The molecule has 0 saturated heterocycles. The van der Waals surface area contributed by atoms with Crippen LogP contribution in [-0.2, 0) is 11.2 Å². The molecule has 1 aromatic rings. The monoisotopic (exact) mass is 282 g/mol.